The predicted molar refractivity (Wildman–Crippen MR) is 143 cm³/mol. The number of carbonyl (C=O) groups is 3. The Kier molecular flexibility index (Phi) is 6.11. The fourth-order valence-corrected chi connectivity index (χ4v) is 5.42. The number of oxazole rings is 1. The van der Waals surface area contributed by atoms with Crippen LogP contribution in [0.25, 0.3) is 11.1 Å². The van der Waals surface area contributed by atoms with Crippen molar-refractivity contribution in [2.24, 2.45) is 0 Å². The highest BCUT2D eigenvalue weighted by molar-refractivity contribution is 6.30. The quantitative estimate of drug-likeness (QED) is 0.348. The summed E-state index contributed by atoms with van der Waals surface area (Å²) in [7, 11) is 0. The molecule has 0 aliphatic carbocycles. The maximum atomic E-state index is 13.9. The van der Waals surface area contributed by atoms with E-state index in [1.165, 1.54) is 18.2 Å². The molecule has 0 saturated carbocycles. The molecule has 3 amide bonds. The standard InChI is InChI=1S/C28H23ClN4O6/c29-18-7-8-20-19(14-18)28(39-27(37)31-20)10-11-33(15-28)25(35)22(12-16-4-2-1-3-5-16)30-24(34)17-6-9-23-21(13-17)32-26(36)38-23/h1-9,13-14,22H,10-12,15H2,(H,30,34)(H,31,37)(H,32,36)/t22-,28?/m0/s1. The lowest BCUT2D eigenvalue weighted by Crippen LogP contribution is -2.50. The van der Waals surface area contributed by atoms with E-state index in [2.05, 4.69) is 15.6 Å². The number of ether oxygens (including phenoxy) is 1. The molecule has 3 aromatic carbocycles. The van der Waals surface area contributed by atoms with Gasteiger partial charge in [0.05, 0.1) is 17.7 Å². The van der Waals surface area contributed by atoms with Gasteiger partial charge < -0.3 is 19.4 Å². The third kappa shape index (κ3) is 4.74. The van der Waals surface area contributed by atoms with Crippen molar-refractivity contribution in [3.63, 3.8) is 0 Å². The summed E-state index contributed by atoms with van der Waals surface area (Å²) in [6.45, 7) is 0.442. The molecule has 1 unspecified atom stereocenters. The van der Waals surface area contributed by atoms with Crippen LogP contribution in [0.1, 0.15) is 27.9 Å². The number of carbonyl (C=O) groups excluding carboxylic acids is 3. The van der Waals surface area contributed by atoms with Gasteiger partial charge in [-0.1, -0.05) is 41.9 Å². The minimum atomic E-state index is -1.04. The van der Waals surface area contributed by atoms with E-state index < -0.39 is 29.4 Å². The minimum absolute atomic E-state index is 0.121. The van der Waals surface area contributed by atoms with Gasteiger partial charge in [-0.3, -0.25) is 19.9 Å². The molecule has 1 saturated heterocycles. The zero-order valence-electron chi connectivity index (χ0n) is 20.5. The Balaban J connectivity index is 1.27. The van der Waals surface area contributed by atoms with Crippen LogP contribution < -0.4 is 16.4 Å². The van der Waals surface area contributed by atoms with Crippen LogP contribution >= 0.6 is 11.6 Å². The van der Waals surface area contributed by atoms with Crippen LogP contribution in [-0.2, 0) is 21.6 Å². The zero-order valence-corrected chi connectivity index (χ0v) is 21.3. The van der Waals surface area contributed by atoms with Crippen LogP contribution in [0, 0.1) is 0 Å². The molecule has 1 spiro atoms. The smallest absolute Gasteiger partial charge is 0.417 e. The molecule has 1 fully saturated rings. The average molecular weight is 547 g/mol. The van der Waals surface area contributed by atoms with Gasteiger partial charge in [0.2, 0.25) is 5.91 Å². The van der Waals surface area contributed by atoms with Crippen molar-refractivity contribution < 1.29 is 23.5 Å². The lowest BCUT2D eigenvalue weighted by Gasteiger charge is -2.35. The van der Waals surface area contributed by atoms with Crippen LogP contribution in [0.5, 0.6) is 0 Å². The molecule has 3 N–H and O–H groups in total. The monoisotopic (exact) mass is 546 g/mol. The maximum absolute atomic E-state index is 13.9. The summed E-state index contributed by atoms with van der Waals surface area (Å²) in [5.41, 5.74) is 2.09. The summed E-state index contributed by atoms with van der Waals surface area (Å²) >= 11 is 6.25. The topological polar surface area (TPSA) is 134 Å². The van der Waals surface area contributed by atoms with Gasteiger partial charge in [-0.05, 0) is 42.0 Å². The highest BCUT2D eigenvalue weighted by Crippen LogP contribution is 2.43. The van der Waals surface area contributed by atoms with Gasteiger partial charge in [0.15, 0.2) is 11.2 Å². The van der Waals surface area contributed by atoms with E-state index in [1.54, 1.807) is 23.1 Å². The Morgan fingerprint density at radius 1 is 1.08 bits per heavy atom. The van der Waals surface area contributed by atoms with E-state index in [9.17, 15) is 19.2 Å². The van der Waals surface area contributed by atoms with Gasteiger partial charge in [-0.2, -0.15) is 0 Å². The largest absolute Gasteiger partial charge is 0.436 e. The summed E-state index contributed by atoms with van der Waals surface area (Å²) in [5, 5.41) is 6.04. The molecule has 2 aliphatic heterocycles. The van der Waals surface area contributed by atoms with E-state index in [0.29, 0.717) is 40.3 Å². The average Bonchev–Trinajstić information content (AvgIpc) is 3.51. The van der Waals surface area contributed by atoms with E-state index in [-0.39, 0.29) is 24.4 Å². The Hall–Kier alpha value is -4.57. The summed E-state index contributed by atoms with van der Waals surface area (Å²) < 4.78 is 10.8. The number of hydrogen-bond acceptors (Lipinski definition) is 6. The second-order valence-electron chi connectivity index (χ2n) is 9.65. The number of aromatic nitrogens is 1. The molecule has 39 heavy (non-hydrogen) atoms. The van der Waals surface area contributed by atoms with Crippen LogP contribution in [-0.4, -0.2) is 46.9 Å². The van der Waals surface area contributed by atoms with Gasteiger partial charge in [0.25, 0.3) is 5.91 Å². The normalized spacial score (nSPS) is 18.9. The van der Waals surface area contributed by atoms with Crippen molar-refractivity contribution >= 4 is 46.3 Å². The van der Waals surface area contributed by atoms with Crippen LogP contribution in [0.2, 0.25) is 5.02 Å². The van der Waals surface area contributed by atoms with Crippen molar-refractivity contribution in [2.45, 2.75) is 24.5 Å². The number of likely N-dealkylation sites (tertiary alicyclic amines) is 1. The van der Waals surface area contributed by atoms with E-state index >= 15 is 0 Å². The second kappa shape index (κ2) is 9.63. The third-order valence-corrected chi connectivity index (χ3v) is 7.34. The number of benzene rings is 3. The molecule has 6 rings (SSSR count). The summed E-state index contributed by atoms with van der Waals surface area (Å²) in [6.07, 6.45) is 0.0420. The molecule has 1 aromatic heterocycles. The van der Waals surface area contributed by atoms with Gasteiger partial charge >= 0.3 is 11.8 Å². The molecule has 10 nitrogen and oxygen atoms in total. The molecule has 11 heteroatoms. The first-order valence-electron chi connectivity index (χ1n) is 12.4. The fraction of sp³-hybridized carbons (Fsp3) is 0.214. The van der Waals surface area contributed by atoms with Crippen molar-refractivity contribution in [3.05, 3.63) is 99.0 Å². The Morgan fingerprint density at radius 2 is 1.90 bits per heavy atom. The van der Waals surface area contributed by atoms with E-state index in [4.69, 9.17) is 20.8 Å². The predicted octanol–water partition coefficient (Wildman–Crippen LogP) is 3.81. The van der Waals surface area contributed by atoms with E-state index in [1.807, 2.05) is 30.3 Å². The maximum Gasteiger partial charge on any atom is 0.417 e. The molecule has 198 valence electrons. The van der Waals surface area contributed by atoms with Crippen molar-refractivity contribution in [3.8, 4) is 0 Å². The summed E-state index contributed by atoms with van der Waals surface area (Å²) in [6, 6.07) is 18.1. The number of H-pyrrole nitrogens is 1. The first kappa shape index (κ1) is 24.7. The van der Waals surface area contributed by atoms with E-state index in [0.717, 1.165) is 5.56 Å². The molecule has 2 atom stereocenters. The van der Waals surface area contributed by atoms with Crippen molar-refractivity contribution in [1.29, 1.82) is 0 Å². The summed E-state index contributed by atoms with van der Waals surface area (Å²) in [5.74, 6) is -1.41. The van der Waals surface area contributed by atoms with Crippen molar-refractivity contribution in [1.82, 2.24) is 15.2 Å². The number of hydrogen-bond donors (Lipinski definition) is 3. The first-order chi connectivity index (χ1) is 18.8. The Morgan fingerprint density at radius 3 is 2.72 bits per heavy atom. The number of aromatic amines is 1. The van der Waals surface area contributed by atoms with Gasteiger partial charge in [-0.15, -0.1) is 0 Å². The highest BCUT2D eigenvalue weighted by Gasteiger charge is 2.49. The number of rotatable bonds is 5. The number of amides is 3. The molecule has 3 heterocycles. The van der Waals surface area contributed by atoms with Gasteiger partial charge in [0, 0.05) is 35.5 Å². The highest BCUT2D eigenvalue weighted by atomic mass is 35.5. The number of nitrogens with zero attached hydrogens (tertiary/aromatic N) is 1. The third-order valence-electron chi connectivity index (χ3n) is 7.11. The second-order valence-corrected chi connectivity index (χ2v) is 10.1. The lowest BCUT2D eigenvalue weighted by atomic mass is 9.90. The Labute approximate surface area is 226 Å². The molecule has 4 aromatic rings. The number of halogens is 1. The van der Waals surface area contributed by atoms with Gasteiger partial charge in [0.1, 0.15) is 6.04 Å². The molecular weight excluding hydrogens is 524 g/mol. The number of fused-ring (bicyclic) bond motifs is 3. The van der Waals surface area contributed by atoms with Crippen LogP contribution in [0.3, 0.4) is 0 Å². The molecule has 2 aliphatic rings. The molecule has 0 radical (unpaired) electrons. The Bertz CT molecular complexity index is 1670. The fourth-order valence-electron chi connectivity index (χ4n) is 5.25. The number of nitrogens with one attached hydrogen (secondary N) is 3. The zero-order chi connectivity index (χ0) is 27.1. The molecular formula is C28H23ClN4O6. The molecule has 0 bridgehead atoms. The SMILES string of the molecule is O=C1Nc2ccc(Cl)cc2C2(CCN(C(=O)[C@H](Cc3ccccc3)NC(=O)c3ccc4oc(=O)[nH]c4c3)C2)O1. The minimum Gasteiger partial charge on any atom is -0.436 e. The number of anilines is 1. The van der Waals surface area contributed by atoms with Gasteiger partial charge in [-0.25, -0.2) is 9.59 Å². The van der Waals surface area contributed by atoms with Crippen LogP contribution in [0.15, 0.2) is 75.9 Å². The van der Waals surface area contributed by atoms with Crippen LogP contribution in [0.4, 0.5) is 10.5 Å². The van der Waals surface area contributed by atoms with Crippen molar-refractivity contribution in [2.75, 3.05) is 18.4 Å². The first-order valence-corrected chi connectivity index (χ1v) is 12.7. The summed E-state index contributed by atoms with van der Waals surface area (Å²) in [4.78, 5) is 55.2. The lowest BCUT2D eigenvalue weighted by molar-refractivity contribution is -0.133.